The molecular formula is C21H22O8. The van der Waals surface area contributed by atoms with E-state index < -0.39 is 43.4 Å². The number of fused-ring (bicyclic) bond motifs is 1. The molecule has 0 radical (unpaired) electrons. The van der Waals surface area contributed by atoms with Crippen LogP contribution in [0.1, 0.15) is 28.4 Å². The fourth-order valence-electron chi connectivity index (χ4n) is 3.53. The average Bonchev–Trinajstić information content (AvgIpc) is 2.74. The van der Waals surface area contributed by atoms with Gasteiger partial charge in [0.1, 0.15) is 42.0 Å². The first-order valence-corrected chi connectivity index (χ1v) is 9.34. The molecule has 6 atom stereocenters. The minimum absolute atomic E-state index is 0.0560. The van der Waals surface area contributed by atoms with Crippen LogP contribution in [0.2, 0.25) is 0 Å². The lowest BCUT2D eigenvalue weighted by atomic mass is 9.96. The molecule has 0 unspecified atom stereocenters. The highest BCUT2D eigenvalue weighted by Gasteiger charge is 2.44. The summed E-state index contributed by atoms with van der Waals surface area (Å²) in [4.78, 5) is 12.5. The standard InChI is InChI=1S/C21H22O8/c22-10-17-18(24)19(25)20(26)21(29-17)27-12-6-7-13-14(23)9-15(28-16(13)8-12)11-4-2-1-3-5-11/h1-8,15,17-22,24-26H,9-10H2/t15-,17-,18-,19+,20-,21+/m1/s1. The summed E-state index contributed by atoms with van der Waals surface area (Å²) >= 11 is 0. The Kier molecular flexibility index (Phi) is 5.53. The molecule has 2 aromatic carbocycles. The summed E-state index contributed by atoms with van der Waals surface area (Å²) in [5.74, 6) is 0.534. The number of hydrogen-bond acceptors (Lipinski definition) is 8. The third-order valence-electron chi connectivity index (χ3n) is 5.17. The van der Waals surface area contributed by atoms with Crippen molar-refractivity contribution in [2.75, 3.05) is 6.61 Å². The van der Waals surface area contributed by atoms with Crippen molar-refractivity contribution in [1.29, 1.82) is 0 Å². The first kappa shape index (κ1) is 19.8. The van der Waals surface area contributed by atoms with Gasteiger partial charge in [-0.1, -0.05) is 30.3 Å². The van der Waals surface area contributed by atoms with Gasteiger partial charge < -0.3 is 34.6 Å². The maximum absolute atomic E-state index is 12.5. The Hall–Kier alpha value is -2.49. The lowest BCUT2D eigenvalue weighted by molar-refractivity contribution is -0.277. The normalized spacial score (nSPS) is 31.7. The molecule has 1 fully saturated rings. The van der Waals surface area contributed by atoms with Gasteiger partial charge in [-0.2, -0.15) is 0 Å². The van der Waals surface area contributed by atoms with Crippen molar-refractivity contribution in [2.24, 2.45) is 0 Å². The van der Waals surface area contributed by atoms with Crippen molar-refractivity contribution in [3.05, 3.63) is 59.7 Å². The number of hydrogen-bond donors (Lipinski definition) is 4. The monoisotopic (exact) mass is 402 g/mol. The Bertz CT molecular complexity index is 868. The predicted octanol–water partition coefficient (Wildman–Crippen LogP) is 0.572. The SMILES string of the molecule is O=C1C[C@H](c2ccccc2)Oc2cc(O[C@H]3O[C@H](CO)[C@@H](O)[C@H](O)[C@H]3O)ccc21. The third-order valence-corrected chi connectivity index (χ3v) is 5.17. The van der Waals surface area contributed by atoms with Crippen LogP contribution in [0.3, 0.4) is 0 Å². The molecule has 2 aliphatic heterocycles. The summed E-state index contributed by atoms with van der Waals surface area (Å²) in [5.41, 5.74) is 1.31. The molecule has 2 aromatic rings. The van der Waals surface area contributed by atoms with Crippen LogP contribution in [0, 0.1) is 0 Å². The van der Waals surface area contributed by atoms with Crippen LogP contribution in [0.25, 0.3) is 0 Å². The molecule has 4 N–H and O–H groups in total. The first-order valence-electron chi connectivity index (χ1n) is 9.34. The summed E-state index contributed by atoms with van der Waals surface area (Å²) in [6, 6.07) is 14.0. The second-order valence-electron chi connectivity index (χ2n) is 7.12. The first-order chi connectivity index (χ1) is 14.0. The van der Waals surface area contributed by atoms with E-state index in [9.17, 15) is 25.2 Å². The molecule has 8 heteroatoms. The highest BCUT2D eigenvalue weighted by molar-refractivity contribution is 6.00. The molecule has 0 aliphatic carbocycles. The zero-order chi connectivity index (χ0) is 20.5. The molecule has 0 saturated carbocycles. The van der Waals surface area contributed by atoms with Crippen molar-refractivity contribution in [3.8, 4) is 11.5 Å². The van der Waals surface area contributed by atoms with Crippen LogP contribution in [-0.2, 0) is 4.74 Å². The molecule has 29 heavy (non-hydrogen) atoms. The van der Waals surface area contributed by atoms with E-state index in [0.717, 1.165) is 5.56 Å². The van der Waals surface area contributed by atoms with E-state index >= 15 is 0 Å². The van der Waals surface area contributed by atoms with Crippen LogP contribution in [-0.4, -0.2) is 63.5 Å². The molecule has 0 amide bonds. The van der Waals surface area contributed by atoms with E-state index in [-0.39, 0.29) is 18.0 Å². The van der Waals surface area contributed by atoms with Crippen molar-refractivity contribution in [2.45, 2.75) is 43.2 Å². The molecule has 0 spiro atoms. The van der Waals surface area contributed by atoms with Crippen LogP contribution in [0.4, 0.5) is 0 Å². The lowest BCUT2D eigenvalue weighted by Gasteiger charge is -2.39. The van der Waals surface area contributed by atoms with E-state index in [1.807, 2.05) is 30.3 Å². The van der Waals surface area contributed by atoms with Crippen LogP contribution >= 0.6 is 0 Å². The highest BCUT2D eigenvalue weighted by atomic mass is 16.7. The Morgan fingerprint density at radius 1 is 1.00 bits per heavy atom. The number of aliphatic hydroxyl groups is 4. The second-order valence-corrected chi connectivity index (χ2v) is 7.12. The van der Waals surface area contributed by atoms with E-state index in [4.69, 9.17) is 14.2 Å². The number of benzene rings is 2. The van der Waals surface area contributed by atoms with Gasteiger partial charge in [0.05, 0.1) is 18.6 Å². The second kappa shape index (κ2) is 8.10. The number of ether oxygens (including phenoxy) is 3. The number of aliphatic hydroxyl groups excluding tert-OH is 4. The van der Waals surface area contributed by atoms with Crippen LogP contribution < -0.4 is 9.47 Å². The molecule has 1 saturated heterocycles. The molecule has 154 valence electrons. The van der Waals surface area contributed by atoms with Crippen molar-refractivity contribution < 1.29 is 39.4 Å². The Labute approximate surface area is 166 Å². The molecule has 8 nitrogen and oxygen atoms in total. The van der Waals surface area contributed by atoms with Gasteiger partial charge >= 0.3 is 0 Å². The van der Waals surface area contributed by atoms with E-state index in [2.05, 4.69) is 0 Å². The van der Waals surface area contributed by atoms with Gasteiger partial charge in [-0.05, 0) is 17.7 Å². The maximum atomic E-state index is 12.5. The fraction of sp³-hybridized carbons (Fsp3) is 0.381. The van der Waals surface area contributed by atoms with Gasteiger partial charge in [0, 0.05) is 6.07 Å². The Morgan fingerprint density at radius 2 is 1.76 bits per heavy atom. The number of carbonyl (C=O) groups is 1. The smallest absolute Gasteiger partial charge is 0.229 e. The van der Waals surface area contributed by atoms with Gasteiger partial charge in [-0.25, -0.2) is 0 Å². The number of Topliss-reactive ketones (excluding diaryl/α,β-unsaturated/α-hetero) is 1. The fourth-order valence-corrected chi connectivity index (χ4v) is 3.53. The molecular weight excluding hydrogens is 380 g/mol. The zero-order valence-electron chi connectivity index (χ0n) is 15.4. The minimum atomic E-state index is -1.54. The molecule has 4 rings (SSSR count). The third kappa shape index (κ3) is 3.85. The van der Waals surface area contributed by atoms with Crippen molar-refractivity contribution >= 4 is 5.78 Å². The maximum Gasteiger partial charge on any atom is 0.229 e. The summed E-state index contributed by atoms with van der Waals surface area (Å²) < 4.78 is 17.0. The van der Waals surface area contributed by atoms with Crippen molar-refractivity contribution in [1.82, 2.24) is 0 Å². The van der Waals surface area contributed by atoms with Crippen LogP contribution in [0.5, 0.6) is 11.5 Å². The lowest BCUT2D eigenvalue weighted by Crippen LogP contribution is -2.60. The van der Waals surface area contributed by atoms with Gasteiger partial charge in [0.15, 0.2) is 5.78 Å². The van der Waals surface area contributed by atoms with E-state index in [1.54, 1.807) is 6.07 Å². The van der Waals surface area contributed by atoms with Crippen molar-refractivity contribution in [3.63, 3.8) is 0 Å². The molecule has 0 aromatic heterocycles. The molecule has 2 aliphatic rings. The largest absolute Gasteiger partial charge is 0.484 e. The zero-order valence-corrected chi connectivity index (χ0v) is 15.4. The number of rotatable bonds is 4. The molecule has 0 bridgehead atoms. The average molecular weight is 402 g/mol. The van der Waals surface area contributed by atoms with Gasteiger partial charge in [0.25, 0.3) is 0 Å². The Morgan fingerprint density at radius 3 is 2.48 bits per heavy atom. The van der Waals surface area contributed by atoms with Gasteiger partial charge in [-0.3, -0.25) is 4.79 Å². The topological polar surface area (TPSA) is 126 Å². The summed E-state index contributed by atoms with van der Waals surface area (Å²) in [5, 5.41) is 39.2. The number of carbonyl (C=O) groups excluding carboxylic acids is 1. The summed E-state index contributed by atoms with van der Waals surface area (Å²) in [7, 11) is 0. The van der Waals surface area contributed by atoms with Gasteiger partial charge in [-0.15, -0.1) is 0 Å². The predicted molar refractivity (Wildman–Crippen MR) is 99.6 cm³/mol. The molecule has 2 heterocycles. The van der Waals surface area contributed by atoms with E-state index in [1.165, 1.54) is 12.1 Å². The van der Waals surface area contributed by atoms with E-state index in [0.29, 0.717) is 11.3 Å². The number of ketones is 1. The summed E-state index contributed by atoms with van der Waals surface area (Å²) in [6.07, 6.45) is -7.11. The Balaban J connectivity index is 1.54. The van der Waals surface area contributed by atoms with Gasteiger partial charge in [0.2, 0.25) is 6.29 Å². The van der Waals surface area contributed by atoms with Crippen LogP contribution in [0.15, 0.2) is 48.5 Å². The summed E-state index contributed by atoms with van der Waals surface area (Å²) in [6.45, 7) is -0.550. The minimum Gasteiger partial charge on any atom is -0.484 e. The highest BCUT2D eigenvalue weighted by Crippen LogP contribution is 2.37. The quantitative estimate of drug-likeness (QED) is 0.585.